The van der Waals surface area contributed by atoms with Crippen molar-refractivity contribution in [1.82, 2.24) is 10.2 Å². The van der Waals surface area contributed by atoms with Crippen molar-refractivity contribution in [3.05, 3.63) is 34.4 Å². The maximum atomic E-state index is 12.5. The van der Waals surface area contributed by atoms with Gasteiger partial charge in [-0.25, -0.2) is 9.59 Å². The molecule has 0 saturated heterocycles. The largest absolute Gasteiger partial charge is 0.446 e. The van der Waals surface area contributed by atoms with Gasteiger partial charge in [0, 0.05) is 24.6 Å². The van der Waals surface area contributed by atoms with Crippen molar-refractivity contribution in [1.29, 1.82) is 0 Å². The molecule has 0 aromatic carbocycles. The van der Waals surface area contributed by atoms with E-state index in [9.17, 15) is 14.7 Å². The highest BCUT2D eigenvalue weighted by molar-refractivity contribution is 5.67. The number of hydrogen-bond acceptors (Lipinski definition) is 6. The van der Waals surface area contributed by atoms with Gasteiger partial charge in [0.1, 0.15) is 6.10 Å². The first kappa shape index (κ1) is 27.7. The first-order valence-corrected chi connectivity index (χ1v) is 15.1. The number of alkyl carbamates (subject to hydrolysis) is 1. The van der Waals surface area contributed by atoms with Gasteiger partial charge in [0.25, 0.3) is 0 Å². The molecule has 0 bridgehead atoms. The smallest absolute Gasteiger partial charge is 0.407 e. The second-order valence-corrected chi connectivity index (χ2v) is 13.1. The summed E-state index contributed by atoms with van der Waals surface area (Å²) in [6, 6.07) is 3.42. The third kappa shape index (κ3) is 4.61. The van der Waals surface area contributed by atoms with Gasteiger partial charge in [0.2, 0.25) is 0 Å². The molecule has 0 aliphatic heterocycles. The molecule has 212 valence electrons. The number of aliphatic hydroxyl groups is 1. The van der Waals surface area contributed by atoms with Gasteiger partial charge >= 0.3 is 11.7 Å². The Morgan fingerprint density at radius 3 is 2.58 bits per heavy atom. The number of carbonyl (C=O) groups is 1. The van der Waals surface area contributed by atoms with Crippen molar-refractivity contribution in [2.75, 3.05) is 26.2 Å². The Hall–Kier alpha value is -1.86. The SMILES string of the molecule is CCN(CC)CCNC(=O)O[C@H]1CC[C@@]2(C)C(CC[C@@H]3[C@@H]2CC[C@]2(C)[C@@H](c4ccc(=O)oc4)CC[C@]32O)C1. The fourth-order valence-corrected chi connectivity index (χ4v) is 9.44. The van der Waals surface area contributed by atoms with Crippen LogP contribution in [0.1, 0.15) is 97.0 Å². The van der Waals surface area contributed by atoms with Crippen molar-refractivity contribution < 1.29 is 19.1 Å². The zero-order valence-electron chi connectivity index (χ0n) is 23.8. The zero-order valence-corrected chi connectivity index (χ0v) is 23.8. The lowest BCUT2D eigenvalue weighted by Crippen LogP contribution is -2.62. The van der Waals surface area contributed by atoms with Crippen molar-refractivity contribution in [2.24, 2.45) is 28.6 Å². The highest BCUT2D eigenvalue weighted by Gasteiger charge is 2.67. The number of ether oxygens (including phenoxy) is 1. The fourth-order valence-electron chi connectivity index (χ4n) is 9.44. The summed E-state index contributed by atoms with van der Waals surface area (Å²) in [6.07, 6.45) is 10.2. The van der Waals surface area contributed by atoms with Crippen LogP contribution in [0.5, 0.6) is 0 Å². The van der Waals surface area contributed by atoms with Crippen molar-refractivity contribution in [3.63, 3.8) is 0 Å². The van der Waals surface area contributed by atoms with Crippen LogP contribution in [0.15, 0.2) is 27.6 Å². The molecular weight excluding hydrogens is 480 g/mol. The highest BCUT2D eigenvalue weighted by atomic mass is 16.6. The van der Waals surface area contributed by atoms with Crippen LogP contribution in [0, 0.1) is 28.6 Å². The Morgan fingerprint density at radius 2 is 1.87 bits per heavy atom. The fraction of sp³-hybridized carbons (Fsp3) is 0.806. The normalized spacial score (nSPS) is 40.2. The summed E-state index contributed by atoms with van der Waals surface area (Å²) in [4.78, 5) is 26.3. The van der Waals surface area contributed by atoms with Crippen LogP contribution in [0.4, 0.5) is 4.79 Å². The number of nitrogens with one attached hydrogen (secondary N) is 1. The summed E-state index contributed by atoms with van der Waals surface area (Å²) >= 11 is 0. The molecule has 0 spiro atoms. The van der Waals surface area contributed by atoms with Crippen molar-refractivity contribution in [3.8, 4) is 0 Å². The topological polar surface area (TPSA) is 92.0 Å². The molecule has 4 aliphatic carbocycles. The zero-order chi connectivity index (χ0) is 27.1. The molecule has 1 heterocycles. The predicted molar refractivity (Wildman–Crippen MR) is 147 cm³/mol. The Kier molecular flexibility index (Phi) is 7.73. The van der Waals surface area contributed by atoms with Gasteiger partial charge in [-0.1, -0.05) is 27.7 Å². The lowest BCUT2D eigenvalue weighted by atomic mass is 9.43. The van der Waals surface area contributed by atoms with E-state index in [2.05, 4.69) is 37.9 Å². The molecule has 2 N–H and O–H groups in total. The molecule has 38 heavy (non-hydrogen) atoms. The molecule has 1 amide bonds. The maximum Gasteiger partial charge on any atom is 0.407 e. The number of hydrogen-bond donors (Lipinski definition) is 2. The maximum absolute atomic E-state index is 12.5. The van der Waals surface area contributed by atoms with Crippen LogP contribution < -0.4 is 10.9 Å². The van der Waals surface area contributed by atoms with E-state index in [1.807, 2.05) is 6.07 Å². The Balaban J connectivity index is 1.23. The Labute approximate surface area is 227 Å². The lowest BCUT2D eigenvalue weighted by molar-refractivity contribution is -0.205. The molecule has 1 aromatic rings. The molecule has 4 aliphatic rings. The summed E-state index contributed by atoms with van der Waals surface area (Å²) in [5.74, 6) is 1.53. The van der Waals surface area contributed by atoms with Gasteiger partial charge in [-0.3, -0.25) is 0 Å². The van der Waals surface area contributed by atoms with Crippen molar-refractivity contribution in [2.45, 2.75) is 103 Å². The van der Waals surface area contributed by atoms with E-state index in [-0.39, 0.29) is 34.6 Å². The van der Waals surface area contributed by atoms with E-state index in [1.165, 1.54) is 6.07 Å². The summed E-state index contributed by atoms with van der Waals surface area (Å²) in [7, 11) is 0. The van der Waals surface area contributed by atoms with Gasteiger partial charge in [-0.15, -0.1) is 0 Å². The monoisotopic (exact) mass is 528 g/mol. The minimum atomic E-state index is -0.692. The molecule has 7 nitrogen and oxygen atoms in total. The molecule has 1 unspecified atom stereocenters. The van der Waals surface area contributed by atoms with E-state index >= 15 is 0 Å². The van der Waals surface area contributed by atoms with Gasteiger partial charge in [-0.2, -0.15) is 0 Å². The number of carbonyl (C=O) groups excluding carboxylic acids is 1. The highest BCUT2D eigenvalue weighted by Crippen LogP contribution is 2.70. The average molecular weight is 529 g/mol. The standard InChI is InChI=1S/C31H48N2O5/c1-5-33(6-2)18-17-32-28(35)38-23-11-14-29(3)22(19-23)8-9-26-25(29)12-15-30(4)24(13-16-31(26,30)36)21-7-10-27(34)37-20-21/h7,10,20,22-26,36H,5-6,8-9,11-19H2,1-4H3,(H,32,35)/t22?,23-,24+,25-,26+,29-,30+,31-/m0/s1. The summed E-state index contributed by atoms with van der Waals surface area (Å²) in [5, 5.41) is 15.4. The van der Waals surface area contributed by atoms with E-state index in [1.54, 1.807) is 6.26 Å². The summed E-state index contributed by atoms with van der Waals surface area (Å²) < 4.78 is 11.1. The predicted octanol–water partition coefficient (Wildman–Crippen LogP) is 5.32. The third-order valence-corrected chi connectivity index (χ3v) is 11.8. The second kappa shape index (κ2) is 10.6. The average Bonchev–Trinajstić information content (AvgIpc) is 3.18. The van der Waals surface area contributed by atoms with Crippen LogP contribution in [0.2, 0.25) is 0 Å². The molecule has 4 saturated carbocycles. The van der Waals surface area contributed by atoms with E-state index in [0.29, 0.717) is 24.3 Å². The molecule has 7 heteroatoms. The Morgan fingerprint density at radius 1 is 1.08 bits per heavy atom. The first-order valence-electron chi connectivity index (χ1n) is 15.1. The minimum absolute atomic E-state index is 0.0152. The first-order chi connectivity index (χ1) is 18.1. The summed E-state index contributed by atoms with van der Waals surface area (Å²) in [6.45, 7) is 12.4. The number of rotatable bonds is 7. The molecule has 5 rings (SSSR count). The van der Waals surface area contributed by atoms with Crippen LogP contribution in [-0.2, 0) is 4.74 Å². The van der Waals surface area contributed by atoms with E-state index in [4.69, 9.17) is 9.15 Å². The van der Waals surface area contributed by atoms with Crippen LogP contribution in [0.3, 0.4) is 0 Å². The third-order valence-electron chi connectivity index (χ3n) is 11.8. The quantitative estimate of drug-likeness (QED) is 0.498. The van der Waals surface area contributed by atoms with Gasteiger partial charge in [-0.05, 0) is 112 Å². The van der Waals surface area contributed by atoms with Gasteiger partial charge < -0.3 is 24.5 Å². The van der Waals surface area contributed by atoms with E-state index in [0.717, 1.165) is 83.0 Å². The number of likely N-dealkylation sites (N-methyl/N-ethyl adjacent to an activating group) is 1. The number of amides is 1. The summed E-state index contributed by atoms with van der Waals surface area (Å²) in [5.41, 5.74) is 0.00791. The number of nitrogens with zero attached hydrogens (tertiary/aromatic N) is 1. The van der Waals surface area contributed by atoms with Crippen LogP contribution >= 0.6 is 0 Å². The molecule has 8 atom stereocenters. The van der Waals surface area contributed by atoms with Crippen LogP contribution in [0.25, 0.3) is 0 Å². The molecule has 4 fully saturated rings. The minimum Gasteiger partial charge on any atom is -0.446 e. The second-order valence-electron chi connectivity index (χ2n) is 13.1. The van der Waals surface area contributed by atoms with Crippen molar-refractivity contribution >= 4 is 6.09 Å². The van der Waals surface area contributed by atoms with Gasteiger partial charge in [0.05, 0.1) is 11.9 Å². The Bertz CT molecular complexity index is 1030. The van der Waals surface area contributed by atoms with E-state index < -0.39 is 5.60 Å². The lowest BCUT2D eigenvalue weighted by Gasteiger charge is -2.63. The van der Waals surface area contributed by atoms with Crippen LogP contribution in [-0.4, -0.2) is 54.0 Å². The number of fused-ring (bicyclic) bond motifs is 5. The van der Waals surface area contributed by atoms with Gasteiger partial charge in [0.15, 0.2) is 0 Å². The molecule has 0 radical (unpaired) electrons. The molecule has 1 aromatic heterocycles. The molecular formula is C31H48N2O5.